The van der Waals surface area contributed by atoms with Gasteiger partial charge in [0.25, 0.3) is 11.8 Å². The van der Waals surface area contributed by atoms with Crippen LogP contribution in [0, 0.1) is 0 Å². The number of hydrogen-bond acceptors (Lipinski definition) is 6. The van der Waals surface area contributed by atoms with E-state index in [-0.39, 0.29) is 25.2 Å². The van der Waals surface area contributed by atoms with E-state index in [0.717, 1.165) is 5.56 Å². The van der Waals surface area contributed by atoms with Crippen molar-refractivity contribution in [2.24, 2.45) is 0 Å². The molecule has 8 heteroatoms. The fraction of sp³-hybridized carbons (Fsp3) is 0.529. The van der Waals surface area contributed by atoms with E-state index in [4.69, 9.17) is 18.9 Å². The lowest BCUT2D eigenvalue weighted by molar-refractivity contribution is -0.137. The second-order valence-corrected chi connectivity index (χ2v) is 6.23. The third kappa shape index (κ3) is 2.86. The molecule has 0 saturated carbocycles. The zero-order valence-corrected chi connectivity index (χ0v) is 14.1. The third-order valence-electron chi connectivity index (χ3n) is 4.68. The van der Waals surface area contributed by atoms with Crippen LogP contribution in [0.15, 0.2) is 6.07 Å². The molecule has 3 aliphatic rings. The zero-order chi connectivity index (χ0) is 17.4. The predicted molar refractivity (Wildman–Crippen MR) is 86.1 cm³/mol. The fourth-order valence-corrected chi connectivity index (χ4v) is 3.25. The highest BCUT2D eigenvalue weighted by Gasteiger charge is 2.33. The SMILES string of the molecule is CN1CCc2cc3c(c(OCC(=O)N4CCOCC4)c2C1=O)OCO3. The van der Waals surface area contributed by atoms with Crippen LogP contribution in [0.2, 0.25) is 0 Å². The second kappa shape index (κ2) is 6.44. The van der Waals surface area contributed by atoms with Crippen molar-refractivity contribution in [1.82, 2.24) is 9.80 Å². The standard InChI is InChI=1S/C17H20N2O6/c1-18-3-2-11-8-12-15(25-10-24-12)16(14(11)17(18)21)23-9-13(20)19-4-6-22-7-5-19/h8H,2-7,9-10H2,1H3. The number of likely N-dealkylation sites (N-methyl/N-ethyl adjacent to an activating group) is 1. The molecular formula is C17H20N2O6. The Labute approximate surface area is 145 Å². The summed E-state index contributed by atoms with van der Waals surface area (Å²) < 4.78 is 22.0. The van der Waals surface area contributed by atoms with Gasteiger partial charge in [-0.15, -0.1) is 0 Å². The number of fused-ring (bicyclic) bond motifs is 2. The minimum atomic E-state index is -0.150. The molecule has 3 heterocycles. The summed E-state index contributed by atoms with van der Waals surface area (Å²) in [7, 11) is 1.75. The number of morpholine rings is 1. The van der Waals surface area contributed by atoms with Crippen LogP contribution in [-0.2, 0) is 16.0 Å². The first-order valence-corrected chi connectivity index (χ1v) is 8.34. The normalized spacial score (nSPS) is 19.0. The van der Waals surface area contributed by atoms with Crippen molar-refractivity contribution in [3.05, 3.63) is 17.2 Å². The fourth-order valence-electron chi connectivity index (χ4n) is 3.25. The topological polar surface area (TPSA) is 77.5 Å². The minimum absolute atomic E-state index is 0.0794. The van der Waals surface area contributed by atoms with Crippen LogP contribution in [-0.4, -0.2) is 74.9 Å². The molecule has 2 amide bonds. The number of benzene rings is 1. The molecule has 0 radical (unpaired) electrons. The molecule has 8 nitrogen and oxygen atoms in total. The number of amides is 2. The number of carbonyl (C=O) groups is 2. The van der Waals surface area contributed by atoms with Gasteiger partial charge in [-0.3, -0.25) is 9.59 Å². The van der Waals surface area contributed by atoms with Gasteiger partial charge in [-0.25, -0.2) is 0 Å². The summed E-state index contributed by atoms with van der Waals surface area (Å²) in [5, 5.41) is 0. The maximum Gasteiger partial charge on any atom is 0.260 e. The van der Waals surface area contributed by atoms with Gasteiger partial charge in [0.15, 0.2) is 18.1 Å². The highest BCUT2D eigenvalue weighted by atomic mass is 16.7. The van der Waals surface area contributed by atoms with E-state index in [1.807, 2.05) is 6.07 Å². The lowest BCUT2D eigenvalue weighted by Gasteiger charge is -2.28. The van der Waals surface area contributed by atoms with Crippen molar-refractivity contribution < 1.29 is 28.5 Å². The highest BCUT2D eigenvalue weighted by Crippen LogP contribution is 2.46. The molecule has 25 heavy (non-hydrogen) atoms. The molecular weight excluding hydrogens is 328 g/mol. The van der Waals surface area contributed by atoms with Crippen molar-refractivity contribution in [1.29, 1.82) is 0 Å². The Hall–Kier alpha value is -2.48. The number of ether oxygens (including phenoxy) is 4. The molecule has 1 aromatic rings. The highest BCUT2D eigenvalue weighted by molar-refractivity contribution is 6.01. The second-order valence-electron chi connectivity index (χ2n) is 6.23. The van der Waals surface area contributed by atoms with Gasteiger partial charge in [0.1, 0.15) is 0 Å². The third-order valence-corrected chi connectivity index (χ3v) is 4.68. The van der Waals surface area contributed by atoms with Gasteiger partial charge in [-0.2, -0.15) is 0 Å². The summed E-state index contributed by atoms with van der Waals surface area (Å²) in [6.07, 6.45) is 0.710. The smallest absolute Gasteiger partial charge is 0.260 e. The molecule has 3 aliphatic heterocycles. The van der Waals surface area contributed by atoms with Crippen LogP contribution >= 0.6 is 0 Å². The van der Waals surface area contributed by atoms with E-state index in [9.17, 15) is 9.59 Å². The van der Waals surface area contributed by atoms with Crippen LogP contribution in [0.3, 0.4) is 0 Å². The summed E-state index contributed by atoms with van der Waals surface area (Å²) >= 11 is 0. The molecule has 4 rings (SSSR count). The Morgan fingerprint density at radius 1 is 1.24 bits per heavy atom. The predicted octanol–water partition coefficient (Wildman–Crippen LogP) is 0.281. The van der Waals surface area contributed by atoms with E-state index in [1.54, 1.807) is 16.8 Å². The summed E-state index contributed by atoms with van der Waals surface area (Å²) in [6, 6.07) is 1.83. The van der Waals surface area contributed by atoms with Gasteiger partial charge in [0.2, 0.25) is 12.5 Å². The number of rotatable bonds is 3. The maximum absolute atomic E-state index is 12.6. The van der Waals surface area contributed by atoms with E-state index >= 15 is 0 Å². The average molecular weight is 348 g/mol. The number of hydrogen-bond donors (Lipinski definition) is 0. The number of nitrogens with zero attached hydrogens (tertiary/aromatic N) is 2. The van der Waals surface area contributed by atoms with Crippen molar-refractivity contribution in [3.63, 3.8) is 0 Å². The molecule has 0 spiro atoms. The monoisotopic (exact) mass is 348 g/mol. The van der Waals surface area contributed by atoms with Gasteiger partial charge >= 0.3 is 0 Å². The van der Waals surface area contributed by atoms with Crippen LogP contribution in [0.1, 0.15) is 15.9 Å². The van der Waals surface area contributed by atoms with Gasteiger partial charge in [-0.1, -0.05) is 0 Å². The lowest BCUT2D eigenvalue weighted by atomic mass is 9.97. The zero-order valence-electron chi connectivity index (χ0n) is 14.1. The Bertz CT molecular complexity index is 714. The molecule has 1 fully saturated rings. The summed E-state index contributed by atoms with van der Waals surface area (Å²) in [5.41, 5.74) is 1.33. The largest absolute Gasteiger partial charge is 0.479 e. The van der Waals surface area contributed by atoms with Gasteiger partial charge in [0, 0.05) is 26.7 Å². The molecule has 134 valence electrons. The lowest BCUT2D eigenvalue weighted by Crippen LogP contribution is -2.43. The van der Waals surface area contributed by atoms with E-state index in [0.29, 0.717) is 62.1 Å². The molecule has 1 saturated heterocycles. The Kier molecular flexibility index (Phi) is 4.12. The van der Waals surface area contributed by atoms with Gasteiger partial charge in [0.05, 0.1) is 18.8 Å². The van der Waals surface area contributed by atoms with E-state index in [1.165, 1.54) is 0 Å². The summed E-state index contributed by atoms with van der Waals surface area (Å²) in [5.74, 6) is 1.00. The molecule has 0 aliphatic carbocycles. The Morgan fingerprint density at radius 2 is 2.04 bits per heavy atom. The van der Waals surface area contributed by atoms with Crippen LogP contribution < -0.4 is 14.2 Å². The van der Waals surface area contributed by atoms with Crippen molar-refractivity contribution in [2.75, 3.05) is 53.3 Å². The van der Waals surface area contributed by atoms with Gasteiger partial charge < -0.3 is 28.7 Å². The molecule has 0 bridgehead atoms. The molecule has 1 aromatic carbocycles. The van der Waals surface area contributed by atoms with Crippen LogP contribution in [0.5, 0.6) is 17.2 Å². The first kappa shape index (κ1) is 16.0. The number of carbonyl (C=O) groups excluding carboxylic acids is 2. The molecule has 0 aromatic heterocycles. The molecule has 0 atom stereocenters. The molecule has 0 N–H and O–H groups in total. The van der Waals surface area contributed by atoms with E-state index in [2.05, 4.69) is 0 Å². The van der Waals surface area contributed by atoms with Gasteiger partial charge in [-0.05, 0) is 18.1 Å². The first-order valence-electron chi connectivity index (χ1n) is 8.34. The van der Waals surface area contributed by atoms with Crippen LogP contribution in [0.25, 0.3) is 0 Å². The Balaban J connectivity index is 1.61. The van der Waals surface area contributed by atoms with Crippen molar-refractivity contribution in [2.45, 2.75) is 6.42 Å². The Morgan fingerprint density at radius 3 is 2.84 bits per heavy atom. The average Bonchev–Trinajstić information content (AvgIpc) is 3.11. The van der Waals surface area contributed by atoms with E-state index < -0.39 is 0 Å². The van der Waals surface area contributed by atoms with Crippen LogP contribution in [0.4, 0.5) is 0 Å². The maximum atomic E-state index is 12.6. The first-order chi connectivity index (χ1) is 12.1. The minimum Gasteiger partial charge on any atom is -0.479 e. The summed E-state index contributed by atoms with van der Waals surface area (Å²) in [4.78, 5) is 28.3. The quantitative estimate of drug-likeness (QED) is 0.781. The van der Waals surface area contributed by atoms with Crippen molar-refractivity contribution >= 4 is 11.8 Å². The van der Waals surface area contributed by atoms with Crippen molar-refractivity contribution in [3.8, 4) is 17.2 Å². The molecule has 0 unspecified atom stereocenters. The summed E-state index contributed by atoms with van der Waals surface area (Å²) in [6.45, 7) is 2.73.